The highest BCUT2D eigenvalue weighted by atomic mass is 16.2. The quantitative estimate of drug-likeness (QED) is 0.826. The van der Waals surface area contributed by atoms with Gasteiger partial charge in [0.2, 0.25) is 5.91 Å². The van der Waals surface area contributed by atoms with Gasteiger partial charge in [-0.25, -0.2) is 0 Å². The third-order valence-corrected chi connectivity index (χ3v) is 4.79. The summed E-state index contributed by atoms with van der Waals surface area (Å²) in [6.07, 6.45) is 3.68. The van der Waals surface area contributed by atoms with Gasteiger partial charge in [0.05, 0.1) is 11.1 Å². The number of fused-ring (bicyclic) bond motifs is 1. The fraction of sp³-hybridized carbons (Fsp3) is 0.500. The molecule has 2 heterocycles. The average Bonchev–Trinajstić information content (AvgIpc) is 2.86. The van der Waals surface area contributed by atoms with Crippen molar-refractivity contribution in [3.05, 3.63) is 35.4 Å². The Morgan fingerprint density at radius 3 is 2.25 bits per heavy atom. The van der Waals surface area contributed by atoms with E-state index in [1.165, 1.54) is 19.3 Å². The second-order valence-corrected chi connectivity index (χ2v) is 6.49. The predicted octanol–water partition coefficient (Wildman–Crippen LogP) is 1.27. The van der Waals surface area contributed by atoms with Crippen LogP contribution in [0.25, 0.3) is 0 Å². The van der Waals surface area contributed by atoms with Crippen LogP contribution >= 0.6 is 0 Å². The molecule has 0 aliphatic carbocycles. The van der Waals surface area contributed by atoms with Crippen LogP contribution in [0.2, 0.25) is 0 Å². The molecule has 24 heavy (non-hydrogen) atoms. The van der Waals surface area contributed by atoms with Gasteiger partial charge in [0.1, 0.15) is 6.54 Å². The van der Waals surface area contributed by atoms with Gasteiger partial charge in [-0.2, -0.15) is 0 Å². The first-order valence-corrected chi connectivity index (χ1v) is 8.54. The minimum absolute atomic E-state index is 0.223. The number of rotatable bonds is 5. The molecule has 1 aromatic rings. The number of benzene rings is 1. The van der Waals surface area contributed by atoms with Crippen LogP contribution in [-0.4, -0.2) is 59.7 Å². The van der Waals surface area contributed by atoms with E-state index in [0.717, 1.165) is 18.0 Å². The van der Waals surface area contributed by atoms with E-state index in [4.69, 9.17) is 0 Å². The molecule has 0 saturated carbocycles. The number of imide groups is 1. The van der Waals surface area contributed by atoms with E-state index >= 15 is 0 Å². The van der Waals surface area contributed by atoms with Crippen molar-refractivity contribution in [1.29, 1.82) is 0 Å². The van der Waals surface area contributed by atoms with Gasteiger partial charge in [-0.3, -0.25) is 24.2 Å². The lowest BCUT2D eigenvalue weighted by atomic mass is 10.1. The molecule has 1 fully saturated rings. The smallest absolute Gasteiger partial charge is 0.262 e. The summed E-state index contributed by atoms with van der Waals surface area (Å²) in [7, 11) is 0. The monoisotopic (exact) mass is 329 g/mol. The van der Waals surface area contributed by atoms with Crippen LogP contribution in [-0.2, 0) is 4.79 Å². The Bertz CT molecular complexity index is 618. The van der Waals surface area contributed by atoms with E-state index in [1.807, 2.05) is 0 Å². The number of amides is 3. The van der Waals surface area contributed by atoms with Crippen molar-refractivity contribution < 1.29 is 14.4 Å². The van der Waals surface area contributed by atoms with Crippen molar-refractivity contribution in [2.75, 3.05) is 26.2 Å². The van der Waals surface area contributed by atoms with Crippen molar-refractivity contribution >= 4 is 17.7 Å². The maximum atomic E-state index is 12.2. The number of carbonyl (C=O) groups is 3. The number of piperidine rings is 1. The maximum absolute atomic E-state index is 12.2. The molecular weight excluding hydrogens is 306 g/mol. The summed E-state index contributed by atoms with van der Waals surface area (Å²) < 4.78 is 0. The summed E-state index contributed by atoms with van der Waals surface area (Å²) >= 11 is 0. The topological polar surface area (TPSA) is 69.7 Å². The lowest BCUT2D eigenvalue weighted by molar-refractivity contribution is -0.121. The molecule has 0 spiro atoms. The number of hydrogen-bond donors (Lipinski definition) is 1. The first-order chi connectivity index (χ1) is 11.6. The molecule has 6 heteroatoms. The molecular formula is C18H23N3O3. The minimum atomic E-state index is -0.394. The lowest BCUT2D eigenvalue weighted by Gasteiger charge is -2.32. The first-order valence-electron chi connectivity index (χ1n) is 8.54. The van der Waals surface area contributed by atoms with Gasteiger partial charge in [0.25, 0.3) is 11.8 Å². The first kappa shape index (κ1) is 16.6. The van der Waals surface area contributed by atoms with Gasteiger partial charge in [-0.05, 0) is 45.0 Å². The fourth-order valence-electron chi connectivity index (χ4n) is 3.33. The molecule has 2 aliphatic heterocycles. The molecule has 128 valence electrons. The molecule has 2 aliphatic rings. The van der Waals surface area contributed by atoms with Gasteiger partial charge in [0, 0.05) is 12.6 Å². The zero-order chi connectivity index (χ0) is 17.1. The maximum Gasteiger partial charge on any atom is 0.262 e. The largest absolute Gasteiger partial charge is 0.353 e. The number of carbonyl (C=O) groups excluding carboxylic acids is 3. The van der Waals surface area contributed by atoms with Crippen LogP contribution in [0, 0.1) is 0 Å². The number of hydrogen-bond acceptors (Lipinski definition) is 4. The predicted molar refractivity (Wildman–Crippen MR) is 89.7 cm³/mol. The van der Waals surface area contributed by atoms with E-state index in [-0.39, 0.29) is 18.5 Å². The molecule has 3 rings (SSSR count). The minimum Gasteiger partial charge on any atom is -0.353 e. The van der Waals surface area contributed by atoms with Crippen molar-refractivity contribution in [3.63, 3.8) is 0 Å². The Morgan fingerprint density at radius 2 is 1.67 bits per heavy atom. The molecule has 1 N–H and O–H groups in total. The van der Waals surface area contributed by atoms with Crippen LogP contribution in [0.5, 0.6) is 0 Å². The molecule has 1 saturated heterocycles. The molecule has 0 radical (unpaired) electrons. The zero-order valence-corrected chi connectivity index (χ0v) is 14.0. The number of nitrogens with zero attached hydrogens (tertiary/aromatic N) is 2. The average molecular weight is 329 g/mol. The van der Waals surface area contributed by atoms with Crippen molar-refractivity contribution in [2.45, 2.75) is 32.2 Å². The molecule has 6 nitrogen and oxygen atoms in total. The van der Waals surface area contributed by atoms with Crippen LogP contribution in [0.15, 0.2) is 24.3 Å². The summed E-state index contributed by atoms with van der Waals surface area (Å²) in [6.45, 7) is 4.53. The third-order valence-electron chi connectivity index (χ3n) is 4.79. The molecule has 1 atom stereocenters. The summed E-state index contributed by atoms with van der Waals surface area (Å²) in [5.74, 6) is -1.09. The summed E-state index contributed by atoms with van der Waals surface area (Å²) in [4.78, 5) is 40.0. The van der Waals surface area contributed by atoms with Crippen molar-refractivity contribution in [1.82, 2.24) is 15.1 Å². The van der Waals surface area contributed by atoms with Gasteiger partial charge < -0.3 is 5.32 Å². The molecule has 3 amide bonds. The third kappa shape index (κ3) is 3.33. The van der Waals surface area contributed by atoms with E-state index in [9.17, 15) is 14.4 Å². The van der Waals surface area contributed by atoms with Crippen LogP contribution in [0.4, 0.5) is 0 Å². The van der Waals surface area contributed by atoms with E-state index in [0.29, 0.717) is 17.7 Å². The van der Waals surface area contributed by atoms with E-state index in [1.54, 1.807) is 24.3 Å². The number of likely N-dealkylation sites (tertiary alicyclic amines) is 1. The van der Waals surface area contributed by atoms with E-state index in [2.05, 4.69) is 17.1 Å². The van der Waals surface area contributed by atoms with Gasteiger partial charge >= 0.3 is 0 Å². The normalized spacial score (nSPS) is 19.3. The lowest BCUT2D eigenvalue weighted by Crippen LogP contribution is -2.47. The Kier molecular flexibility index (Phi) is 4.94. The summed E-state index contributed by atoms with van der Waals surface area (Å²) in [5.41, 5.74) is 0.744. The fourth-order valence-corrected chi connectivity index (χ4v) is 3.33. The van der Waals surface area contributed by atoms with Crippen LogP contribution in [0.1, 0.15) is 46.9 Å². The molecule has 0 aromatic heterocycles. The molecule has 0 bridgehead atoms. The summed E-state index contributed by atoms with van der Waals surface area (Å²) in [6, 6.07) is 6.93. The molecule has 1 aromatic carbocycles. The van der Waals surface area contributed by atoms with Crippen LogP contribution in [0.3, 0.4) is 0 Å². The Hall–Kier alpha value is -2.21. The summed E-state index contributed by atoms with van der Waals surface area (Å²) in [5, 5.41) is 2.85. The second-order valence-electron chi connectivity index (χ2n) is 6.49. The van der Waals surface area contributed by atoms with Crippen LogP contribution < -0.4 is 5.32 Å². The van der Waals surface area contributed by atoms with Gasteiger partial charge in [-0.1, -0.05) is 18.6 Å². The zero-order valence-electron chi connectivity index (χ0n) is 14.0. The van der Waals surface area contributed by atoms with Crippen molar-refractivity contribution in [3.8, 4) is 0 Å². The second kappa shape index (κ2) is 7.13. The highest BCUT2D eigenvalue weighted by Gasteiger charge is 2.36. The SMILES string of the molecule is CC(CNC(=O)CN1C(=O)c2ccccc2C1=O)N1CCCCC1. The Labute approximate surface area is 141 Å². The highest BCUT2D eigenvalue weighted by Crippen LogP contribution is 2.21. The van der Waals surface area contributed by atoms with Gasteiger partial charge in [0.15, 0.2) is 0 Å². The standard InChI is InChI=1S/C18H23N3O3/c1-13(20-9-5-2-6-10-20)11-19-16(22)12-21-17(23)14-7-3-4-8-15(14)18(21)24/h3-4,7-8,13H,2,5-6,9-12H2,1H3,(H,19,22). The Morgan fingerprint density at radius 1 is 1.08 bits per heavy atom. The van der Waals surface area contributed by atoms with E-state index < -0.39 is 11.8 Å². The van der Waals surface area contributed by atoms with Gasteiger partial charge in [-0.15, -0.1) is 0 Å². The molecule has 1 unspecified atom stereocenters. The van der Waals surface area contributed by atoms with Crippen molar-refractivity contribution in [2.24, 2.45) is 0 Å². The number of nitrogens with one attached hydrogen (secondary N) is 1. The highest BCUT2D eigenvalue weighted by molar-refractivity contribution is 6.22. The Balaban J connectivity index is 1.52.